The maximum Gasteiger partial charge on any atom is 0.150 e. The van der Waals surface area contributed by atoms with Crippen LogP contribution in [0.15, 0.2) is 12.3 Å². The number of rotatable bonds is 7. The molecule has 3 rings (SSSR count). The molecule has 8 heteroatoms. The molecule has 132 valence electrons. The second-order valence-electron chi connectivity index (χ2n) is 6.61. The molecule has 1 N–H and O–H groups in total. The Bertz CT molecular complexity index is 652. The normalized spacial score (nSPS) is 21.9. The van der Waals surface area contributed by atoms with Gasteiger partial charge in [0, 0.05) is 45.3 Å². The lowest BCUT2D eigenvalue weighted by atomic mass is 10.2. The molecule has 7 nitrogen and oxygen atoms in total. The Morgan fingerprint density at radius 1 is 1.46 bits per heavy atom. The molecule has 1 aliphatic heterocycles. The number of aryl methyl sites for hydroxylation is 2. The zero-order valence-electron chi connectivity index (χ0n) is 14.6. The van der Waals surface area contributed by atoms with Crippen LogP contribution in [-0.2, 0) is 26.6 Å². The third-order valence-corrected chi connectivity index (χ3v) is 4.60. The number of hydrogen-bond donors (Lipinski definition) is 1. The summed E-state index contributed by atoms with van der Waals surface area (Å²) in [5.74, 6) is 1.70. The number of aromatic amines is 1. The van der Waals surface area contributed by atoms with Gasteiger partial charge in [0.1, 0.15) is 17.8 Å². The van der Waals surface area contributed by atoms with Crippen molar-refractivity contribution in [2.24, 2.45) is 7.05 Å². The number of likely N-dealkylation sites (N-methyl/N-ethyl adjacent to an activating group) is 1. The van der Waals surface area contributed by atoms with Gasteiger partial charge in [-0.3, -0.25) is 19.6 Å². The fraction of sp³-hybridized carbons (Fsp3) is 0.688. The Morgan fingerprint density at radius 2 is 2.29 bits per heavy atom. The van der Waals surface area contributed by atoms with E-state index in [0.29, 0.717) is 19.5 Å². The summed E-state index contributed by atoms with van der Waals surface area (Å²) in [7, 11) is 3.97. The van der Waals surface area contributed by atoms with Crippen molar-refractivity contribution in [2.75, 3.05) is 20.1 Å². The van der Waals surface area contributed by atoms with Crippen molar-refractivity contribution in [2.45, 2.75) is 45.1 Å². The summed E-state index contributed by atoms with van der Waals surface area (Å²) >= 11 is 0. The second-order valence-corrected chi connectivity index (χ2v) is 6.61. The predicted octanol–water partition coefficient (Wildman–Crippen LogP) is 1.14. The fourth-order valence-electron chi connectivity index (χ4n) is 3.31. The van der Waals surface area contributed by atoms with E-state index < -0.39 is 6.17 Å². The van der Waals surface area contributed by atoms with Crippen LogP contribution in [0.25, 0.3) is 0 Å². The van der Waals surface area contributed by atoms with Crippen molar-refractivity contribution in [3.05, 3.63) is 29.6 Å². The first-order valence-corrected chi connectivity index (χ1v) is 8.48. The van der Waals surface area contributed by atoms with Gasteiger partial charge >= 0.3 is 0 Å². The molecule has 3 heterocycles. The smallest absolute Gasteiger partial charge is 0.150 e. The number of nitrogens with zero attached hydrogens (tertiary/aromatic N) is 6. The number of H-pyrrole nitrogens is 1. The fourth-order valence-corrected chi connectivity index (χ4v) is 3.31. The van der Waals surface area contributed by atoms with E-state index in [1.54, 1.807) is 6.20 Å². The number of halogens is 1. The minimum Gasteiger partial charge on any atom is -0.297 e. The molecule has 2 aromatic heterocycles. The SMILES string of the molecule is CCc1n[nH]c(CN(C)C[C@@H]2C[C@H](F)CN2Cc2ccnn2C)n1. The summed E-state index contributed by atoms with van der Waals surface area (Å²) in [5, 5.41) is 11.3. The molecule has 0 bridgehead atoms. The van der Waals surface area contributed by atoms with Crippen LogP contribution < -0.4 is 0 Å². The molecule has 0 radical (unpaired) electrons. The van der Waals surface area contributed by atoms with Crippen LogP contribution >= 0.6 is 0 Å². The maximum absolute atomic E-state index is 14.0. The quantitative estimate of drug-likeness (QED) is 0.822. The van der Waals surface area contributed by atoms with Crippen molar-refractivity contribution >= 4 is 0 Å². The molecule has 2 atom stereocenters. The molecule has 0 unspecified atom stereocenters. The van der Waals surface area contributed by atoms with Gasteiger partial charge in [-0.1, -0.05) is 6.92 Å². The molecule has 0 amide bonds. The Balaban J connectivity index is 1.58. The molecule has 0 spiro atoms. The molecular weight excluding hydrogens is 309 g/mol. The largest absolute Gasteiger partial charge is 0.297 e. The van der Waals surface area contributed by atoms with Gasteiger partial charge < -0.3 is 0 Å². The van der Waals surface area contributed by atoms with Crippen LogP contribution in [0.4, 0.5) is 4.39 Å². The molecule has 0 aliphatic carbocycles. The number of aromatic nitrogens is 5. The van der Waals surface area contributed by atoms with E-state index in [1.165, 1.54) is 0 Å². The van der Waals surface area contributed by atoms with E-state index in [0.717, 1.165) is 36.9 Å². The summed E-state index contributed by atoms with van der Waals surface area (Å²) < 4.78 is 15.8. The Morgan fingerprint density at radius 3 is 2.96 bits per heavy atom. The molecule has 0 saturated carbocycles. The second kappa shape index (κ2) is 7.40. The molecule has 2 aromatic rings. The molecule has 1 fully saturated rings. The van der Waals surface area contributed by atoms with Crippen molar-refractivity contribution in [3.8, 4) is 0 Å². The standard InChI is InChI=1S/C16H26FN7/c1-4-15-19-16(21-20-15)11-22(2)9-14-7-12(17)8-24(14)10-13-5-6-18-23(13)3/h5-6,12,14H,4,7-11H2,1-3H3,(H,19,20,21)/t12-,14-/m0/s1. The van der Waals surface area contributed by atoms with Crippen molar-refractivity contribution in [1.82, 2.24) is 34.8 Å². The van der Waals surface area contributed by atoms with Gasteiger partial charge in [-0.25, -0.2) is 9.37 Å². The van der Waals surface area contributed by atoms with Crippen LogP contribution in [0.1, 0.15) is 30.7 Å². The topological polar surface area (TPSA) is 65.9 Å². The van der Waals surface area contributed by atoms with Gasteiger partial charge in [0.15, 0.2) is 0 Å². The first-order valence-electron chi connectivity index (χ1n) is 8.48. The lowest BCUT2D eigenvalue weighted by Gasteiger charge is -2.27. The highest BCUT2D eigenvalue weighted by molar-refractivity contribution is 5.02. The molecule has 0 aromatic carbocycles. The lowest BCUT2D eigenvalue weighted by Crippen LogP contribution is -2.38. The zero-order valence-corrected chi connectivity index (χ0v) is 14.6. The van der Waals surface area contributed by atoms with Crippen molar-refractivity contribution < 1.29 is 4.39 Å². The highest BCUT2D eigenvalue weighted by atomic mass is 19.1. The third kappa shape index (κ3) is 3.99. The Hall–Kier alpha value is -1.80. The maximum atomic E-state index is 14.0. The predicted molar refractivity (Wildman–Crippen MR) is 89.0 cm³/mol. The summed E-state index contributed by atoms with van der Waals surface area (Å²) in [6, 6.07) is 2.20. The highest BCUT2D eigenvalue weighted by Gasteiger charge is 2.33. The molecule has 1 aliphatic rings. The third-order valence-electron chi connectivity index (χ3n) is 4.60. The van der Waals surface area contributed by atoms with Crippen LogP contribution in [0, 0.1) is 0 Å². The Kier molecular flexibility index (Phi) is 5.25. The lowest BCUT2D eigenvalue weighted by molar-refractivity contribution is 0.176. The minimum atomic E-state index is -0.756. The van der Waals surface area contributed by atoms with E-state index in [1.807, 2.05) is 31.8 Å². The van der Waals surface area contributed by atoms with Gasteiger partial charge in [0.05, 0.1) is 12.2 Å². The average Bonchev–Trinajstić information content (AvgIpc) is 3.22. The zero-order chi connectivity index (χ0) is 17.1. The van der Waals surface area contributed by atoms with Crippen LogP contribution in [0.3, 0.4) is 0 Å². The average molecular weight is 335 g/mol. The summed E-state index contributed by atoms with van der Waals surface area (Å²) in [5.41, 5.74) is 1.11. The van der Waals surface area contributed by atoms with Gasteiger partial charge in [-0.2, -0.15) is 10.2 Å². The summed E-state index contributed by atoms with van der Waals surface area (Å²) in [6.45, 7) is 4.76. The summed E-state index contributed by atoms with van der Waals surface area (Å²) in [4.78, 5) is 8.84. The summed E-state index contributed by atoms with van der Waals surface area (Å²) in [6.07, 6.45) is 2.44. The van der Waals surface area contributed by atoms with Crippen LogP contribution in [0.2, 0.25) is 0 Å². The van der Waals surface area contributed by atoms with E-state index in [9.17, 15) is 4.39 Å². The van der Waals surface area contributed by atoms with E-state index in [-0.39, 0.29) is 6.04 Å². The Labute approximate surface area is 141 Å². The van der Waals surface area contributed by atoms with Gasteiger partial charge in [0.25, 0.3) is 0 Å². The van der Waals surface area contributed by atoms with E-state index in [2.05, 4.69) is 30.1 Å². The number of nitrogens with one attached hydrogen (secondary N) is 1. The molecular formula is C16H26FN7. The number of hydrogen-bond acceptors (Lipinski definition) is 5. The monoisotopic (exact) mass is 335 g/mol. The first-order chi connectivity index (χ1) is 11.5. The molecule has 24 heavy (non-hydrogen) atoms. The number of alkyl halides is 1. The van der Waals surface area contributed by atoms with Gasteiger partial charge in [-0.05, 0) is 19.5 Å². The van der Waals surface area contributed by atoms with Gasteiger partial charge in [0.2, 0.25) is 0 Å². The first kappa shape index (κ1) is 17.0. The van der Waals surface area contributed by atoms with Crippen molar-refractivity contribution in [3.63, 3.8) is 0 Å². The number of likely N-dealkylation sites (tertiary alicyclic amines) is 1. The van der Waals surface area contributed by atoms with Gasteiger partial charge in [-0.15, -0.1) is 0 Å². The van der Waals surface area contributed by atoms with Crippen molar-refractivity contribution in [1.29, 1.82) is 0 Å². The minimum absolute atomic E-state index is 0.202. The van der Waals surface area contributed by atoms with Crippen LogP contribution in [0.5, 0.6) is 0 Å². The highest BCUT2D eigenvalue weighted by Crippen LogP contribution is 2.23. The van der Waals surface area contributed by atoms with Crippen LogP contribution in [-0.4, -0.2) is 67.1 Å². The van der Waals surface area contributed by atoms with E-state index in [4.69, 9.17) is 0 Å². The molecule has 1 saturated heterocycles. The van der Waals surface area contributed by atoms with E-state index >= 15 is 0 Å².